The molecular weight excluding hydrogens is 303 g/mol. The van der Waals surface area contributed by atoms with Crippen LogP contribution in [0.5, 0.6) is 0 Å². The van der Waals surface area contributed by atoms with Gasteiger partial charge in [0.25, 0.3) is 6.01 Å². The Labute approximate surface area is 119 Å². The molecule has 0 aliphatic rings. The molecule has 0 atom stereocenters. The third kappa shape index (κ3) is 3.27. The van der Waals surface area contributed by atoms with Crippen molar-refractivity contribution in [1.82, 2.24) is 4.98 Å². The average molecular weight is 318 g/mol. The Kier molecular flexibility index (Phi) is 3.77. The van der Waals surface area contributed by atoms with Gasteiger partial charge in [0, 0.05) is 4.75 Å². The number of anilines is 1. The van der Waals surface area contributed by atoms with Crippen molar-refractivity contribution < 1.29 is 23.2 Å². The lowest BCUT2D eigenvalue weighted by Gasteiger charge is -2.15. The minimum Gasteiger partial charge on any atom is -0.462 e. The number of rotatable bonds is 3. The predicted octanol–water partition coefficient (Wildman–Crippen LogP) is 2.21. The number of thioether (sulfide) groups is 1. The van der Waals surface area contributed by atoms with Crippen molar-refractivity contribution in [2.45, 2.75) is 30.6 Å². The molecule has 0 saturated heterocycles. The molecular formula is C11H15N2O5PS. The van der Waals surface area contributed by atoms with E-state index in [2.05, 4.69) is 4.98 Å². The summed E-state index contributed by atoms with van der Waals surface area (Å²) in [6.45, 7) is 5.89. The monoisotopic (exact) mass is 318 g/mol. The van der Waals surface area contributed by atoms with E-state index in [1.807, 2.05) is 20.8 Å². The molecule has 0 aliphatic carbocycles. The molecule has 0 bridgehead atoms. The van der Waals surface area contributed by atoms with Gasteiger partial charge < -0.3 is 24.4 Å². The molecule has 0 amide bonds. The predicted molar refractivity (Wildman–Crippen MR) is 75.9 cm³/mol. The minimum atomic E-state index is -4.46. The van der Waals surface area contributed by atoms with Crippen molar-refractivity contribution in [2.24, 2.45) is 0 Å². The number of nitrogens with two attached hydrogens (primary N) is 1. The second-order valence-electron chi connectivity index (χ2n) is 5.08. The summed E-state index contributed by atoms with van der Waals surface area (Å²) in [6.07, 6.45) is 1.19. The third-order valence-corrected chi connectivity index (χ3v) is 4.24. The van der Waals surface area contributed by atoms with E-state index >= 15 is 0 Å². The van der Waals surface area contributed by atoms with E-state index in [4.69, 9.17) is 14.6 Å². The first-order valence-corrected chi connectivity index (χ1v) is 8.10. The fraction of sp³-hybridized carbons (Fsp3) is 0.364. The first-order valence-electron chi connectivity index (χ1n) is 5.67. The Hall–Kier alpha value is -1.21. The highest BCUT2D eigenvalue weighted by atomic mass is 32.2. The standard InChI is InChI=1S/C11H15N2O5PS/c1-11(2,3)20-9-7(13-10(12)18-9)8-6(4-5-17-8)19(14,15)16/h4-5H,1-3H3,(H2,12,13)(H2,14,15,16). The maximum atomic E-state index is 11.4. The minimum absolute atomic E-state index is 0.0227. The molecule has 7 nitrogen and oxygen atoms in total. The summed E-state index contributed by atoms with van der Waals surface area (Å²) >= 11 is 1.34. The van der Waals surface area contributed by atoms with Crippen LogP contribution in [0.3, 0.4) is 0 Å². The van der Waals surface area contributed by atoms with Gasteiger partial charge in [-0.15, -0.1) is 0 Å². The van der Waals surface area contributed by atoms with Gasteiger partial charge in [-0.3, -0.25) is 4.57 Å². The molecule has 0 aliphatic heterocycles. The highest BCUT2D eigenvalue weighted by Crippen LogP contribution is 2.43. The molecule has 110 valence electrons. The van der Waals surface area contributed by atoms with E-state index < -0.39 is 7.60 Å². The lowest BCUT2D eigenvalue weighted by atomic mass is 10.3. The summed E-state index contributed by atoms with van der Waals surface area (Å²) in [5.41, 5.74) is 5.74. The van der Waals surface area contributed by atoms with E-state index in [1.165, 1.54) is 24.1 Å². The molecule has 9 heteroatoms. The van der Waals surface area contributed by atoms with E-state index in [0.717, 1.165) is 0 Å². The van der Waals surface area contributed by atoms with E-state index in [-0.39, 0.29) is 27.5 Å². The van der Waals surface area contributed by atoms with Gasteiger partial charge in [0.2, 0.25) is 0 Å². The number of nitrogens with zero attached hydrogens (tertiary/aromatic N) is 1. The van der Waals surface area contributed by atoms with E-state index in [9.17, 15) is 14.4 Å². The maximum absolute atomic E-state index is 11.4. The van der Waals surface area contributed by atoms with Crippen LogP contribution >= 0.6 is 19.4 Å². The maximum Gasteiger partial charge on any atom is 0.360 e. The SMILES string of the molecule is CC(C)(C)Sc1oc(N)nc1-c1occc1P(=O)(O)O. The Balaban J connectivity index is 2.54. The fourth-order valence-corrected chi connectivity index (χ4v) is 3.12. The fourth-order valence-electron chi connectivity index (χ4n) is 1.52. The zero-order valence-corrected chi connectivity index (χ0v) is 12.9. The van der Waals surface area contributed by atoms with Gasteiger partial charge in [-0.05, 0) is 6.07 Å². The first kappa shape index (κ1) is 15.2. The van der Waals surface area contributed by atoms with Crippen LogP contribution in [0, 0.1) is 0 Å². The molecule has 2 heterocycles. The summed E-state index contributed by atoms with van der Waals surface area (Å²) in [5.74, 6) is -0.0227. The molecule has 2 aromatic rings. The van der Waals surface area contributed by atoms with Crippen LogP contribution in [0.15, 0.2) is 26.3 Å². The van der Waals surface area contributed by atoms with Crippen molar-refractivity contribution in [3.05, 3.63) is 12.3 Å². The molecule has 0 aromatic carbocycles. The summed E-state index contributed by atoms with van der Waals surface area (Å²) in [4.78, 5) is 22.6. The lowest BCUT2D eigenvalue weighted by Crippen LogP contribution is -2.08. The Morgan fingerprint density at radius 3 is 2.60 bits per heavy atom. The molecule has 4 N–H and O–H groups in total. The highest BCUT2D eigenvalue weighted by Gasteiger charge is 2.30. The summed E-state index contributed by atoms with van der Waals surface area (Å²) in [7, 11) is -4.46. The van der Waals surface area contributed by atoms with Gasteiger partial charge in [-0.25, -0.2) is 0 Å². The molecule has 0 fully saturated rings. The number of aromatic nitrogens is 1. The van der Waals surface area contributed by atoms with Crippen molar-refractivity contribution in [3.8, 4) is 11.5 Å². The van der Waals surface area contributed by atoms with Gasteiger partial charge >= 0.3 is 7.60 Å². The summed E-state index contributed by atoms with van der Waals surface area (Å²) in [6, 6.07) is 1.13. The van der Waals surface area contributed by atoms with Gasteiger partial charge in [0.15, 0.2) is 16.5 Å². The van der Waals surface area contributed by atoms with Crippen LogP contribution in [0.25, 0.3) is 11.5 Å². The zero-order valence-electron chi connectivity index (χ0n) is 11.2. The normalized spacial score (nSPS) is 12.8. The molecule has 0 unspecified atom stereocenters. The van der Waals surface area contributed by atoms with Crippen LogP contribution in [0.1, 0.15) is 20.8 Å². The van der Waals surface area contributed by atoms with Crippen molar-refractivity contribution in [2.75, 3.05) is 5.73 Å². The molecule has 2 aromatic heterocycles. The van der Waals surface area contributed by atoms with Crippen molar-refractivity contribution in [3.63, 3.8) is 0 Å². The summed E-state index contributed by atoms with van der Waals surface area (Å²) in [5, 5.41) is 0.126. The first-order chi connectivity index (χ1) is 9.08. The zero-order chi connectivity index (χ0) is 15.1. The van der Waals surface area contributed by atoms with Gasteiger partial charge in [0.1, 0.15) is 5.30 Å². The second kappa shape index (κ2) is 4.96. The topological polar surface area (TPSA) is 123 Å². The van der Waals surface area contributed by atoms with Gasteiger partial charge in [-0.1, -0.05) is 32.5 Å². The van der Waals surface area contributed by atoms with Crippen LogP contribution in [0.2, 0.25) is 0 Å². The number of nitrogen functional groups attached to an aromatic ring is 1. The summed E-state index contributed by atoms with van der Waals surface area (Å²) < 4.78 is 21.7. The van der Waals surface area contributed by atoms with Crippen LogP contribution in [-0.2, 0) is 4.57 Å². The number of hydrogen-bond acceptors (Lipinski definition) is 6. The average Bonchev–Trinajstić information content (AvgIpc) is 2.80. The van der Waals surface area contributed by atoms with Crippen molar-refractivity contribution >= 4 is 30.7 Å². The second-order valence-corrected chi connectivity index (χ2v) is 8.45. The van der Waals surface area contributed by atoms with Gasteiger partial charge in [0.05, 0.1) is 6.26 Å². The smallest absolute Gasteiger partial charge is 0.360 e. The third-order valence-electron chi connectivity index (χ3n) is 2.18. The molecule has 20 heavy (non-hydrogen) atoms. The largest absolute Gasteiger partial charge is 0.462 e. The van der Waals surface area contributed by atoms with Crippen LogP contribution in [0.4, 0.5) is 6.01 Å². The quantitative estimate of drug-likeness (QED) is 0.581. The molecule has 0 saturated carbocycles. The molecule has 2 rings (SSSR count). The number of oxazole rings is 1. The highest BCUT2D eigenvalue weighted by molar-refractivity contribution is 8.00. The Morgan fingerprint density at radius 1 is 1.40 bits per heavy atom. The number of furan rings is 1. The van der Waals surface area contributed by atoms with Gasteiger partial charge in [-0.2, -0.15) is 4.98 Å². The lowest BCUT2D eigenvalue weighted by molar-refractivity contribution is 0.387. The molecule has 0 radical (unpaired) electrons. The van der Waals surface area contributed by atoms with E-state index in [0.29, 0.717) is 5.09 Å². The Morgan fingerprint density at radius 2 is 2.05 bits per heavy atom. The number of hydrogen-bond donors (Lipinski definition) is 3. The molecule has 0 spiro atoms. The van der Waals surface area contributed by atoms with Crippen LogP contribution in [-0.4, -0.2) is 19.5 Å². The van der Waals surface area contributed by atoms with E-state index in [1.54, 1.807) is 0 Å². The van der Waals surface area contributed by atoms with Crippen LogP contribution < -0.4 is 11.0 Å². The Bertz CT molecular complexity index is 667. The van der Waals surface area contributed by atoms with Crippen molar-refractivity contribution in [1.29, 1.82) is 0 Å².